The largest absolute Gasteiger partial charge is 0.350 e. The molecule has 1 heterocycles. The Bertz CT molecular complexity index is 959. The fourth-order valence-corrected chi connectivity index (χ4v) is 2.33. The van der Waals surface area contributed by atoms with Gasteiger partial charge in [-0.3, -0.25) is 9.59 Å². The van der Waals surface area contributed by atoms with Gasteiger partial charge in [0.25, 0.3) is 5.91 Å². The van der Waals surface area contributed by atoms with Gasteiger partial charge in [-0.2, -0.15) is 4.98 Å². The van der Waals surface area contributed by atoms with Crippen molar-refractivity contribution in [2.45, 2.75) is 0 Å². The van der Waals surface area contributed by atoms with Crippen molar-refractivity contribution in [2.75, 3.05) is 13.1 Å². The molecular formula is C18H14ClFN4O3. The van der Waals surface area contributed by atoms with Crippen LogP contribution in [0.15, 0.2) is 53.1 Å². The van der Waals surface area contributed by atoms with E-state index in [1.54, 1.807) is 30.3 Å². The van der Waals surface area contributed by atoms with Crippen LogP contribution in [0.4, 0.5) is 4.39 Å². The van der Waals surface area contributed by atoms with Gasteiger partial charge in [-0.1, -0.05) is 28.9 Å². The monoisotopic (exact) mass is 388 g/mol. The predicted molar refractivity (Wildman–Crippen MR) is 95.8 cm³/mol. The quantitative estimate of drug-likeness (QED) is 0.633. The summed E-state index contributed by atoms with van der Waals surface area (Å²) in [7, 11) is 0. The molecule has 0 aliphatic rings. The highest BCUT2D eigenvalue weighted by molar-refractivity contribution is 6.30. The molecule has 3 aromatic rings. The topological polar surface area (TPSA) is 97.1 Å². The normalized spacial score (nSPS) is 10.4. The molecule has 138 valence electrons. The first-order valence-electron chi connectivity index (χ1n) is 7.95. The number of carbonyl (C=O) groups is 2. The fourth-order valence-electron chi connectivity index (χ4n) is 2.20. The summed E-state index contributed by atoms with van der Waals surface area (Å²) in [6, 6.07) is 12.4. The zero-order valence-electron chi connectivity index (χ0n) is 13.9. The summed E-state index contributed by atoms with van der Waals surface area (Å²) in [4.78, 5) is 27.9. The minimum absolute atomic E-state index is 0.0617. The van der Waals surface area contributed by atoms with E-state index < -0.39 is 17.6 Å². The lowest BCUT2D eigenvalue weighted by Gasteiger charge is -2.06. The summed E-state index contributed by atoms with van der Waals surface area (Å²) in [6.07, 6.45) is 0. The fraction of sp³-hybridized carbons (Fsp3) is 0.111. The first-order chi connectivity index (χ1) is 13.0. The maximum absolute atomic E-state index is 13.5. The van der Waals surface area contributed by atoms with E-state index in [-0.39, 0.29) is 30.4 Å². The average molecular weight is 389 g/mol. The number of benzene rings is 2. The molecule has 0 spiro atoms. The molecule has 0 aliphatic heterocycles. The molecule has 0 aliphatic carbocycles. The number of nitrogens with one attached hydrogen (secondary N) is 2. The number of carbonyl (C=O) groups excluding carboxylic acids is 2. The summed E-state index contributed by atoms with van der Waals surface area (Å²) in [5, 5.41) is 9.35. The van der Waals surface area contributed by atoms with Crippen LogP contribution in [0.1, 0.15) is 21.0 Å². The van der Waals surface area contributed by atoms with Gasteiger partial charge < -0.3 is 15.2 Å². The predicted octanol–water partition coefficient (Wildman–Crippen LogP) is 2.69. The molecule has 0 saturated heterocycles. The Balaban J connectivity index is 1.49. The van der Waals surface area contributed by atoms with Crippen LogP contribution < -0.4 is 10.6 Å². The maximum atomic E-state index is 13.5. The Hall–Kier alpha value is -3.26. The van der Waals surface area contributed by atoms with Gasteiger partial charge in [0.15, 0.2) is 0 Å². The van der Waals surface area contributed by atoms with E-state index in [0.29, 0.717) is 10.6 Å². The molecule has 3 rings (SSSR count). The van der Waals surface area contributed by atoms with Gasteiger partial charge in [0.1, 0.15) is 5.82 Å². The van der Waals surface area contributed by atoms with E-state index in [1.165, 1.54) is 18.2 Å². The average Bonchev–Trinajstić information content (AvgIpc) is 3.16. The zero-order chi connectivity index (χ0) is 19.2. The molecule has 0 radical (unpaired) electrons. The SMILES string of the molecule is O=C(NCCNC(=O)c1ccccc1F)c1nc(-c2ccc(Cl)cc2)no1. The van der Waals surface area contributed by atoms with Crippen LogP contribution >= 0.6 is 11.6 Å². The van der Waals surface area contributed by atoms with Gasteiger partial charge in [-0.15, -0.1) is 0 Å². The third-order valence-electron chi connectivity index (χ3n) is 3.54. The van der Waals surface area contributed by atoms with Crippen molar-refractivity contribution in [2.24, 2.45) is 0 Å². The summed E-state index contributed by atoms with van der Waals surface area (Å²) in [5.74, 6) is -1.71. The third-order valence-corrected chi connectivity index (χ3v) is 3.79. The van der Waals surface area contributed by atoms with Crippen molar-refractivity contribution in [1.82, 2.24) is 20.8 Å². The lowest BCUT2D eigenvalue weighted by Crippen LogP contribution is -2.35. The van der Waals surface area contributed by atoms with Crippen LogP contribution in [0, 0.1) is 5.82 Å². The van der Waals surface area contributed by atoms with E-state index in [1.807, 2.05) is 0 Å². The van der Waals surface area contributed by atoms with Gasteiger partial charge in [0.05, 0.1) is 5.56 Å². The molecule has 2 amide bonds. The number of rotatable bonds is 6. The first-order valence-corrected chi connectivity index (χ1v) is 8.33. The Labute approximate surface area is 158 Å². The lowest BCUT2D eigenvalue weighted by atomic mass is 10.2. The Kier molecular flexibility index (Phi) is 5.77. The van der Waals surface area contributed by atoms with Crippen LogP contribution in [-0.2, 0) is 0 Å². The first kappa shape index (κ1) is 18.5. The van der Waals surface area contributed by atoms with Crippen molar-refractivity contribution in [3.63, 3.8) is 0 Å². The molecule has 0 bridgehead atoms. The molecule has 2 aromatic carbocycles. The van der Waals surface area contributed by atoms with Crippen molar-refractivity contribution in [1.29, 1.82) is 0 Å². The molecule has 7 nitrogen and oxygen atoms in total. The summed E-state index contributed by atoms with van der Waals surface area (Å²) < 4.78 is 18.4. The van der Waals surface area contributed by atoms with Crippen molar-refractivity contribution in [3.8, 4) is 11.4 Å². The van der Waals surface area contributed by atoms with Crippen LogP contribution in [-0.4, -0.2) is 35.0 Å². The number of aromatic nitrogens is 2. The highest BCUT2D eigenvalue weighted by Crippen LogP contribution is 2.18. The van der Waals surface area contributed by atoms with Gasteiger partial charge >= 0.3 is 11.8 Å². The zero-order valence-corrected chi connectivity index (χ0v) is 14.7. The molecule has 0 saturated carbocycles. The Morgan fingerprint density at radius 2 is 1.67 bits per heavy atom. The highest BCUT2D eigenvalue weighted by Gasteiger charge is 2.16. The van der Waals surface area contributed by atoms with E-state index in [4.69, 9.17) is 16.1 Å². The number of hydrogen-bond donors (Lipinski definition) is 2. The maximum Gasteiger partial charge on any atom is 0.316 e. The number of hydrogen-bond acceptors (Lipinski definition) is 5. The molecular weight excluding hydrogens is 375 g/mol. The standard InChI is InChI=1S/C18H14ClFN4O3/c19-12-7-5-11(6-8-12)15-23-18(27-24-15)17(26)22-10-9-21-16(25)13-3-1-2-4-14(13)20/h1-8H,9-10H2,(H,21,25)(H,22,26). The van der Waals surface area contributed by atoms with Crippen LogP contribution in [0.3, 0.4) is 0 Å². The van der Waals surface area contributed by atoms with Crippen molar-refractivity contribution in [3.05, 3.63) is 70.8 Å². The smallest absolute Gasteiger partial charge is 0.316 e. The molecule has 27 heavy (non-hydrogen) atoms. The minimum Gasteiger partial charge on any atom is -0.350 e. The van der Waals surface area contributed by atoms with Gasteiger partial charge in [0.2, 0.25) is 5.82 Å². The van der Waals surface area contributed by atoms with Crippen LogP contribution in [0.2, 0.25) is 5.02 Å². The number of nitrogens with zero attached hydrogens (tertiary/aromatic N) is 2. The van der Waals surface area contributed by atoms with Crippen molar-refractivity contribution >= 4 is 23.4 Å². The molecule has 9 heteroatoms. The molecule has 1 aromatic heterocycles. The van der Waals surface area contributed by atoms with Crippen LogP contribution in [0.25, 0.3) is 11.4 Å². The Morgan fingerprint density at radius 3 is 2.37 bits per heavy atom. The van der Waals surface area contributed by atoms with E-state index >= 15 is 0 Å². The molecule has 0 atom stereocenters. The second kappa shape index (κ2) is 8.41. The van der Waals surface area contributed by atoms with E-state index in [2.05, 4.69) is 20.8 Å². The third kappa shape index (κ3) is 4.68. The van der Waals surface area contributed by atoms with Gasteiger partial charge in [0, 0.05) is 23.7 Å². The van der Waals surface area contributed by atoms with Crippen LogP contribution in [0.5, 0.6) is 0 Å². The second-order valence-corrected chi connectivity index (χ2v) is 5.86. The van der Waals surface area contributed by atoms with E-state index in [0.717, 1.165) is 0 Å². The molecule has 0 unspecified atom stereocenters. The van der Waals surface area contributed by atoms with Gasteiger partial charge in [-0.05, 0) is 36.4 Å². The number of halogens is 2. The highest BCUT2D eigenvalue weighted by atomic mass is 35.5. The summed E-state index contributed by atoms with van der Waals surface area (Å²) in [5.41, 5.74) is 0.590. The molecule has 0 fully saturated rings. The van der Waals surface area contributed by atoms with Gasteiger partial charge in [-0.25, -0.2) is 4.39 Å². The minimum atomic E-state index is -0.611. The number of amides is 2. The van der Waals surface area contributed by atoms with Crippen molar-refractivity contribution < 1.29 is 18.5 Å². The second-order valence-electron chi connectivity index (χ2n) is 5.42. The lowest BCUT2D eigenvalue weighted by molar-refractivity contribution is 0.0897. The Morgan fingerprint density at radius 1 is 1.00 bits per heavy atom. The summed E-state index contributed by atoms with van der Waals surface area (Å²) >= 11 is 5.82. The van der Waals surface area contributed by atoms with E-state index in [9.17, 15) is 14.0 Å². The summed E-state index contributed by atoms with van der Waals surface area (Å²) in [6.45, 7) is 0.217. The molecule has 2 N–H and O–H groups in total.